The number of para-hydroxylation sites is 1. The molecule has 1 aliphatic rings. The number of rotatable bonds is 4. The first-order valence-corrected chi connectivity index (χ1v) is 9.29. The Morgan fingerprint density at radius 3 is 2.63 bits per heavy atom. The molecule has 1 N–H and O–H groups in total. The molecule has 0 aliphatic carbocycles. The van der Waals surface area contributed by atoms with Crippen molar-refractivity contribution < 1.29 is 21.8 Å². The van der Waals surface area contributed by atoms with Gasteiger partial charge in [-0.05, 0) is 36.8 Å². The van der Waals surface area contributed by atoms with Gasteiger partial charge in [0.2, 0.25) is 0 Å². The predicted octanol–water partition coefficient (Wildman–Crippen LogP) is 1.34. The average molecular weight is 423 g/mol. The van der Waals surface area contributed by atoms with Crippen LogP contribution in [0, 0.1) is 0 Å². The topological polar surface area (TPSA) is 37.9 Å². The van der Waals surface area contributed by atoms with Crippen molar-refractivity contribution >= 4 is 34.8 Å². The lowest BCUT2D eigenvalue weighted by Gasteiger charge is -2.03. The smallest absolute Gasteiger partial charge is 0.266 e. The monoisotopic (exact) mass is 421 g/mol. The zero-order valence-electron chi connectivity index (χ0n) is 14.5. The summed E-state index contributed by atoms with van der Waals surface area (Å²) in [5.74, 6) is 1.12. The molecule has 2 heterocycles. The molecule has 0 radical (unpaired) electrons. The maximum Gasteiger partial charge on any atom is 0.266 e. The number of imidazole rings is 1. The number of carbonyl (C=O) groups is 1. The number of amides is 1. The molecule has 0 saturated carbocycles. The van der Waals surface area contributed by atoms with Crippen molar-refractivity contribution in [2.24, 2.45) is 0 Å². The molecule has 1 aromatic heterocycles. The summed E-state index contributed by atoms with van der Waals surface area (Å²) in [6.45, 7) is 1.23. The van der Waals surface area contributed by atoms with Crippen molar-refractivity contribution in [2.45, 2.75) is 25.9 Å². The average Bonchev–Trinajstić information content (AvgIpc) is 3.22. The van der Waals surface area contributed by atoms with E-state index in [1.54, 1.807) is 6.07 Å². The summed E-state index contributed by atoms with van der Waals surface area (Å²) < 4.78 is 4.29. The van der Waals surface area contributed by atoms with E-state index in [2.05, 4.69) is 9.88 Å². The van der Waals surface area contributed by atoms with Gasteiger partial charge < -0.3 is 17.7 Å². The van der Waals surface area contributed by atoms with Gasteiger partial charge in [0.1, 0.15) is 6.20 Å². The van der Waals surface area contributed by atoms with Crippen LogP contribution in [-0.2, 0) is 24.3 Å². The number of hydrogen-bond donors (Lipinski definition) is 1. The van der Waals surface area contributed by atoms with Gasteiger partial charge in [-0.3, -0.25) is 4.79 Å². The lowest BCUT2D eigenvalue weighted by atomic mass is 10.1. The minimum absolute atomic E-state index is 0. The number of nitrogens with one attached hydrogen (secondary N) is 1. The maximum atomic E-state index is 12.4. The van der Waals surface area contributed by atoms with E-state index < -0.39 is 0 Å². The Balaban J connectivity index is 0.00000210. The highest BCUT2D eigenvalue weighted by molar-refractivity contribution is 6.42. The zero-order chi connectivity index (χ0) is 18.1. The zero-order valence-corrected chi connectivity index (χ0v) is 16.7. The number of carbonyl (C=O) groups excluding carboxylic acids is 1. The first kappa shape index (κ1) is 19.7. The predicted molar refractivity (Wildman–Crippen MR) is 103 cm³/mol. The fourth-order valence-corrected chi connectivity index (χ4v) is 3.71. The quantitative estimate of drug-likeness (QED) is 0.633. The second-order valence-electron chi connectivity index (χ2n) is 6.36. The fourth-order valence-electron chi connectivity index (χ4n) is 3.41. The van der Waals surface area contributed by atoms with Crippen LogP contribution in [-0.4, -0.2) is 10.5 Å². The van der Waals surface area contributed by atoms with Crippen molar-refractivity contribution in [3.8, 4) is 11.3 Å². The SMILES string of the molecule is O=C(C[n+]1cc(-c2ccc(Cl)c(Cl)c2)n2c1CCC2)Nc1ccccc1.[Cl-]. The molecule has 1 aliphatic heterocycles. The van der Waals surface area contributed by atoms with Crippen LogP contribution < -0.4 is 22.3 Å². The summed E-state index contributed by atoms with van der Waals surface area (Å²) >= 11 is 12.2. The largest absolute Gasteiger partial charge is 1.00 e. The second kappa shape index (κ2) is 8.34. The molecule has 0 fully saturated rings. The van der Waals surface area contributed by atoms with Crippen LogP contribution in [0.15, 0.2) is 54.7 Å². The molecule has 2 aromatic carbocycles. The van der Waals surface area contributed by atoms with Crippen LogP contribution >= 0.6 is 23.2 Å². The van der Waals surface area contributed by atoms with Gasteiger partial charge in [-0.15, -0.1) is 0 Å². The Bertz CT molecular complexity index is 970. The Morgan fingerprint density at radius 2 is 1.89 bits per heavy atom. The van der Waals surface area contributed by atoms with E-state index in [9.17, 15) is 4.79 Å². The Labute approximate surface area is 174 Å². The van der Waals surface area contributed by atoms with Gasteiger partial charge >= 0.3 is 0 Å². The van der Waals surface area contributed by atoms with Crippen LogP contribution in [0.2, 0.25) is 10.0 Å². The summed E-state index contributed by atoms with van der Waals surface area (Å²) in [4.78, 5) is 12.4. The molecule has 7 heteroatoms. The second-order valence-corrected chi connectivity index (χ2v) is 7.17. The third kappa shape index (κ3) is 4.13. The summed E-state index contributed by atoms with van der Waals surface area (Å²) in [5.41, 5.74) is 2.87. The number of benzene rings is 2. The molecule has 0 spiro atoms. The number of aromatic nitrogens is 2. The van der Waals surface area contributed by atoms with Crippen LogP contribution in [0.4, 0.5) is 5.69 Å². The summed E-state index contributed by atoms with van der Waals surface area (Å²) in [6, 6.07) is 15.1. The van der Waals surface area contributed by atoms with E-state index in [4.69, 9.17) is 23.2 Å². The highest BCUT2D eigenvalue weighted by atomic mass is 35.5. The number of hydrogen-bond acceptors (Lipinski definition) is 1. The van der Waals surface area contributed by atoms with Crippen molar-refractivity contribution in [3.63, 3.8) is 0 Å². The Kier molecular flexibility index (Phi) is 6.10. The van der Waals surface area contributed by atoms with Gasteiger partial charge in [-0.25, -0.2) is 9.13 Å². The molecule has 1 amide bonds. The van der Waals surface area contributed by atoms with E-state index in [1.807, 2.05) is 53.2 Å². The van der Waals surface area contributed by atoms with Crippen molar-refractivity contribution in [1.29, 1.82) is 0 Å². The fraction of sp³-hybridized carbons (Fsp3) is 0.200. The molecule has 3 aromatic rings. The van der Waals surface area contributed by atoms with Gasteiger partial charge in [-0.1, -0.05) is 41.4 Å². The van der Waals surface area contributed by atoms with Crippen LogP contribution in [0.5, 0.6) is 0 Å². The van der Waals surface area contributed by atoms with E-state index in [0.29, 0.717) is 10.0 Å². The molecule has 4 rings (SSSR count). The molecule has 0 atom stereocenters. The van der Waals surface area contributed by atoms with Crippen molar-refractivity contribution in [1.82, 2.24) is 4.57 Å². The molecule has 4 nitrogen and oxygen atoms in total. The van der Waals surface area contributed by atoms with Gasteiger partial charge in [0.15, 0.2) is 12.2 Å². The van der Waals surface area contributed by atoms with Crippen LogP contribution in [0.25, 0.3) is 11.3 Å². The standard InChI is InChI=1S/C20H17Cl2N3O.ClH/c21-16-9-8-14(11-17(16)22)18-12-24(20-7-4-10-25(18)20)13-19(26)23-15-5-2-1-3-6-15;/h1-3,5-6,8-9,11-12H,4,7,10,13H2;1H. The number of anilines is 1. The Morgan fingerprint density at radius 1 is 1.11 bits per heavy atom. The number of halogens is 3. The van der Waals surface area contributed by atoms with Crippen molar-refractivity contribution in [3.05, 3.63) is 70.6 Å². The highest BCUT2D eigenvalue weighted by Gasteiger charge is 2.29. The lowest BCUT2D eigenvalue weighted by Crippen LogP contribution is -3.00. The van der Waals surface area contributed by atoms with Crippen LogP contribution in [0.3, 0.4) is 0 Å². The van der Waals surface area contributed by atoms with E-state index >= 15 is 0 Å². The minimum atomic E-state index is -0.0396. The number of fused-ring (bicyclic) bond motifs is 1. The number of nitrogens with zero attached hydrogens (tertiary/aromatic N) is 2. The molecule has 0 bridgehead atoms. The highest BCUT2D eigenvalue weighted by Crippen LogP contribution is 2.30. The molecule has 0 saturated heterocycles. The van der Waals surface area contributed by atoms with Crippen molar-refractivity contribution in [2.75, 3.05) is 5.32 Å². The van der Waals surface area contributed by atoms with E-state index in [1.165, 1.54) is 0 Å². The van der Waals surface area contributed by atoms with Gasteiger partial charge in [0, 0.05) is 11.3 Å². The summed E-state index contributed by atoms with van der Waals surface area (Å²) in [5, 5.41) is 4.01. The van der Waals surface area contributed by atoms with Gasteiger partial charge in [0.05, 0.1) is 23.0 Å². The summed E-state index contributed by atoms with van der Waals surface area (Å²) in [6.07, 6.45) is 4.06. The normalized spacial score (nSPS) is 12.4. The molecule has 140 valence electrons. The first-order valence-electron chi connectivity index (χ1n) is 8.54. The lowest BCUT2D eigenvalue weighted by molar-refractivity contribution is -0.690. The molecule has 0 unspecified atom stereocenters. The third-order valence-electron chi connectivity index (χ3n) is 4.58. The van der Waals surface area contributed by atoms with E-state index in [-0.39, 0.29) is 24.9 Å². The van der Waals surface area contributed by atoms with Gasteiger partial charge in [-0.2, -0.15) is 0 Å². The minimum Gasteiger partial charge on any atom is -1.00 e. The van der Waals surface area contributed by atoms with Crippen LogP contribution in [0.1, 0.15) is 12.2 Å². The molecule has 27 heavy (non-hydrogen) atoms. The van der Waals surface area contributed by atoms with E-state index in [0.717, 1.165) is 42.2 Å². The van der Waals surface area contributed by atoms with Gasteiger partial charge in [0.25, 0.3) is 11.7 Å². The third-order valence-corrected chi connectivity index (χ3v) is 5.32. The molecular formula is C20H18Cl3N3O. The Hall–Kier alpha value is -2.01. The maximum absolute atomic E-state index is 12.4. The summed E-state index contributed by atoms with van der Waals surface area (Å²) in [7, 11) is 0. The molecular weight excluding hydrogens is 405 g/mol. The first-order chi connectivity index (χ1) is 12.6.